The summed E-state index contributed by atoms with van der Waals surface area (Å²) >= 11 is 0. The number of nitrogens with one attached hydrogen (secondary N) is 1. The van der Waals surface area contributed by atoms with E-state index in [0.29, 0.717) is 6.10 Å². The Morgan fingerprint density at radius 3 is 2.61 bits per heavy atom. The Bertz CT molecular complexity index is 358. The first-order chi connectivity index (χ1) is 8.81. The van der Waals surface area contributed by atoms with Crippen molar-refractivity contribution < 1.29 is 4.74 Å². The lowest BCUT2D eigenvalue weighted by Crippen LogP contribution is -2.26. The van der Waals surface area contributed by atoms with Gasteiger partial charge in [0.1, 0.15) is 0 Å². The van der Waals surface area contributed by atoms with Gasteiger partial charge >= 0.3 is 0 Å². The molecule has 1 unspecified atom stereocenters. The fraction of sp³-hybridized carbons (Fsp3) is 0.625. The first-order valence-corrected chi connectivity index (χ1v) is 7.17. The SMILES string of the molecule is CNCC(OC1CCCCC1)c1ccccc1C. The smallest absolute Gasteiger partial charge is 0.0955 e. The van der Waals surface area contributed by atoms with Crippen LogP contribution >= 0.6 is 0 Å². The van der Waals surface area contributed by atoms with Crippen LogP contribution in [0.15, 0.2) is 24.3 Å². The molecule has 0 radical (unpaired) electrons. The summed E-state index contributed by atoms with van der Waals surface area (Å²) in [4.78, 5) is 0. The lowest BCUT2D eigenvalue weighted by atomic mass is 9.96. The van der Waals surface area contributed by atoms with Gasteiger partial charge in [-0.05, 0) is 37.9 Å². The first-order valence-electron chi connectivity index (χ1n) is 7.17. The number of ether oxygens (including phenoxy) is 1. The van der Waals surface area contributed by atoms with Crippen molar-refractivity contribution in [3.8, 4) is 0 Å². The molecule has 1 aliphatic carbocycles. The second-order valence-corrected chi connectivity index (χ2v) is 5.30. The lowest BCUT2D eigenvalue weighted by Gasteiger charge is -2.28. The van der Waals surface area contributed by atoms with Gasteiger partial charge in [-0.3, -0.25) is 0 Å². The molecule has 100 valence electrons. The Morgan fingerprint density at radius 1 is 1.22 bits per heavy atom. The Balaban J connectivity index is 2.05. The van der Waals surface area contributed by atoms with Gasteiger partial charge in [-0.25, -0.2) is 0 Å². The van der Waals surface area contributed by atoms with Crippen molar-refractivity contribution in [1.29, 1.82) is 0 Å². The van der Waals surface area contributed by atoms with Gasteiger partial charge in [0, 0.05) is 6.54 Å². The summed E-state index contributed by atoms with van der Waals surface area (Å²) in [5.41, 5.74) is 2.66. The van der Waals surface area contributed by atoms with Gasteiger partial charge in [0.25, 0.3) is 0 Å². The van der Waals surface area contributed by atoms with Crippen LogP contribution in [0, 0.1) is 6.92 Å². The van der Waals surface area contributed by atoms with E-state index in [-0.39, 0.29) is 6.10 Å². The van der Waals surface area contributed by atoms with Crippen LogP contribution in [0.4, 0.5) is 0 Å². The van der Waals surface area contributed by atoms with Crippen molar-refractivity contribution >= 4 is 0 Å². The molecule has 0 aromatic heterocycles. The summed E-state index contributed by atoms with van der Waals surface area (Å²) < 4.78 is 6.34. The summed E-state index contributed by atoms with van der Waals surface area (Å²) in [7, 11) is 2.00. The summed E-state index contributed by atoms with van der Waals surface area (Å²) in [5.74, 6) is 0. The number of hydrogen-bond acceptors (Lipinski definition) is 2. The number of aryl methyl sites for hydroxylation is 1. The van der Waals surface area contributed by atoms with Crippen LogP contribution < -0.4 is 5.32 Å². The molecule has 0 bridgehead atoms. The molecule has 1 atom stereocenters. The highest BCUT2D eigenvalue weighted by Gasteiger charge is 2.20. The first kappa shape index (κ1) is 13.6. The third-order valence-electron chi connectivity index (χ3n) is 3.83. The highest BCUT2D eigenvalue weighted by molar-refractivity contribution is 5.28. The largest absolute Gasteiger partial charge is 0.369 e. The van der Waals surface area contributed by atoms with Gasteiger partial charge in [-0.15, -0.1) is 0 Å². The van der Waals surface area contributed by atoms with Gasteiger partial charge in [-0.1, -0.05) is 43.5 Å². The molecule has 1 fully saturated rings. The van der Waals surface area contributed by atoms with Crippen LogP contribution in [0.1, 0.15) is 49.3 Å². The molecule has 0 heterocycles. The van der Waals surface area contributed by atoms with Crippen molar-refractivity contribution in [1.82, 2.24) is 5.32 Å². The Hall–Kier alpha value is -0.860. The predicted octanol–water partition coefficient (Wildman–Crippen LogP) is 3.60. The molecule has 1 saturated carbocycles. The maximum absolute atomic E-state index is 6.34. The van der Waals surface area contributed by atoms with Crippen LogP contribution in [0.25, 0.3) is 0 Å². The van der Waals surface area contributed by atoms with Crippen LogP contribution in [-0.4, -0.2) is 19.7 Å². The molecule has 1 aromatic rings. The molecule has 0 amide bonds. The molecule has 0 aliphatic heterocycles. The molecule has 1 aromatic carbocycles. The number of benzene rings is 1. The topological polar surface area (TPSA) is 21.3 Å². The fourth-order valence-electron chi connectivity index (χ4n) is 2.80. The van der Waals surface area contributed by atoms with Crippen LogP contribution in [0.2, 0.25) is 0 Å². The van der Waals surface area contributed by atoms with Crippen LogP contribution in [0.3, 0.4) is 0 Å². The maximum Gasteiger partial charge on any atom is 0.0955 e. The van der Waals surface area contributed by atoms with Gasteiger partial charge in [0.2, 0.25) is 0 Å². The zero-order valence-electron chi connectivity index (χ0n) is 11.6. The Kier molecular flexibility index (Phi) is 5.21. The molecule has 0 saturated heterocycles. The van der Waals surface area contributed by atoms with E-state index in [1.54, 1.807) is 0 Å². The van der Waals surface area contributed by atoms with Crippen LogP contribution in [0.5, 0.6) is 0 Å². The van der Waals surface area contributed by atoms with Crippen molar-refractivity contribution in [3.05, 3.63) is 35.4 Å². The van der Waals surface area contributed by atoms with E-state index in [1.807, 2.05) is 7.05 Å². The van der Waals surface area contributed by atoms with Crippen LogP contribution in [-0.2, 0) is 4.74 Å². The molecule has 0 spiro atoms. The molecule has 2 rings (SSSR count). The monoisotopic (exact) mass is 247 g/mol. The Labute approximate surface area is 111 Å². The third-order valence-corrected chi connectivity index (χ3v) is 3.83. The van der Waals surface area contributed by atoms with E-state index in [4.69, 9.17) is 4.74 Å². The van der Waals surface area contributed by atoms with E-state index >= 15 is 0 Å². The van der Waals surface area contributed by atoms with Crippen molar-refractivity contribution in [3.63, 3.8) is 0 Å². The summed E-state index contributed by atoms with van der Waals surface area (Å²) in [5, 5.41) is 3.26. The van der Waals surface area contributed by atoms with E-state index in [1.165, 1.54) is 43.2 Å². The van der Waals surface area contributed by atoms with Gasteiger partial charge in [0.15, 0.2) is 0 Å². The fourth-order valence-corrected chi connectivity index (χ4v) is 2.80. The van der Waals surface area contributed by atoms with Crippen molar-refractivity contribution in [2.75, 3.05) is 13.6 Å². The van der Waals surface area contributed by atoms with Crippen molar-refractivity contribution in [2.24, 2.45) is 0 Å². The average Bonchev–Trinajstić information content (AvgIpc) is 2.40. The molecule has 1 N–H and O–H groups in total. The highest BCUT2D eigenvalue weighted by Crippen LogP contribution is 2.28. The van der Waals surface area contributed by atoms with E-state index in [2.05, 4.69) is 36.5 Å². The quantitative estimate of drug-likeness (QED) is 0.858. The summed E-state index contributed by atoms with van der Waals surface area (Å²) in [6, 6.07) is 8.56. The molecular formula is C16H25NO. The number of likely N-dealkylation sites (N-methyl/N-ethyl adjacent to an activating group) is 1. The second-order valence-electron chi connectivity index (χ2n) is 5.30. The minimum absolute atomic E-state index is 0.194. The van der Waals surface area contributed by atoms with Gasteiger partial charge in [-0.2, -0.15) is 0 Å². The minimum Gasteiger partial charge on any atom is -0.369 e. The summed E-state index contributed by atoms with van der Waals surface area (Å²) in [6.07, 6.45) is 7.13. The molecule has 1 aliphatic rings. The zero-order chi connectivity index (χ0) is 12.8. The normalized spacial score (nSPS) is 18.8. The molecular weight excluding hydrogens is 222 g/mol. The lowest BCUT2D eigenvalue weighted by molar-refractivity contribution is -0.0301. The number of hydrogen-bond donors (Lipinski definition) is 1. The predicted molar refractivity (Wildman–Crippen MR) is 75.8 cm³/mol. The van der Waals surface area contributed by atoms with E-state index in [0.717, 1.165) is 6.54 Å². The third kappa shape index (κ3) is 3.56. The molecule has 2 heteroatoms. The standard InChI is InChI=1S/C16H25NO/c1-13-8-6-7-11-15(13)16(12-17-2)18-14-9-4-3-5-10-14/h6-8,11,14,16-17H,3-5,9-10,12H2,1-2H3. The van der Waals surface area contributed by atoms with E-state index < -0.39 is 0 Å². The van der Waals surface area contributed by atoms with Gasteiger partial charge in [0.05, 0.1) is 12.2 Å². The van der Waals surface area contributed by atoms with Crippen molar-refractivity contribution in [2.45, 2.75) is 51.2 Å². The minimum atomic E-state index is 0.194. The molecule has 18 heavy (non-hydrogen) atoms. The maximum atomic E-state index is 6.34. The zero-order valence-corrected chi connectivity index (χ0v) is 11.6. The molecule has 2 nitrogen and oxygen atoms in total. The van der Waals surface area contributed by atoms with Gasteiger partial charge < -0.3 is 10.1 Å². The second kappa shape index (κ2) is 6.91. The Morgan fingerprint density at radius 2 is 1.94 bits per heavy atom. The summed E-state index contributed by atoms with van der Waals surface area (Å²) in [6.45, 7) is 3.06. The van der Waals surface area contributed by atoms with E-state index in [9.17, 15) is 0 Å². The average molecular weight is 247 g/mol. The highest BCUT2D eigenvalue weighted by atomic mass is 16.5. The number of rotatable bonds is 5.